The predicted octanol–water partition coefficient (Wildman–Crippen LogP) is 4.03. The minimum absolute atomic E-state index is 0.175. The van der Waals surface area contributed by atoms with E-state index < -0.39 is 0 Å². The fourth-order valence-corrected chi connectivity index (χ4v) is 4.17. The van der Waals surface area contributed by atoms with E-state index in [1.165, 1.54) is 4.68 Å². The maximum absolute atomic E-state index is 13.2. The van der Waals surface area contributed by atoms with Gasteiger partial charge in [-0.3, -0.25) is 4.79 Å². The van der Waals surface area contributed by atoms with Gasteiger partial charge in [0.25, 0.3) is 5.91 Å². The van der Waals surface area contributed by atoms with Gasteiger partial charge in [0, 0.05) is 6.04 Å². The molecule has 0 unspecified atom stereocenters. The van der Waals surface area contributed by atoms with Gasteiger partial charge >= 0.3 is 0 Å². The first-order chi connectivity index (χ1) is 15.1. The predicted molar refractivity (Wildman–Crippen MR) is 123 cm³/mol. The van der Waals surface area contributed by atoms with Crippen LogP contribution in [0.15, 0.2) is 53.6 Å². The summed E-state index contributed by atoms with van der Waals surface area (Å²) < 4.78 is 1.52. The summed E-state index contributed by atoms with van der Waals surface area (Å²) in [6, 6.07) is 15.7. The van der Waals surface area contributed by atoms with Crippen LogP contribution in [0.5, 0.6) is 0 Å². The van der Waals surface area contributed by atoms with Crippen molar-refractivity contribution in [2.75, 3.05) is 5.73 Å². The number of carbonyl (C=O) groups is 1. The van der Waals surface area contributed by atoms with Gasteiger partial charge in [-0.25, -0.2) is 9.97 Å². The number of nitrogen functional groups attached to an aromatic ring is 1. The molecule has 2 aromatic carbocycles. The second-order valence-electron chi connectivity index (χ2n) is 8.01. The first-order valence-corrected chi connectivity index (χ1v) is 10.6. The fraction of sp³-hybridized carbons (Fsp3) is 0.250. The molecule has 3 N–H and O–H groups in total. The first kappa shape index (κ1) is 19.2. The van der Waals surface area contributed by atoms with Gasteiger partial charge in [-0.1, -0.05) is 49.2 Å². The number of benzene rings is 2. The smallest absolute Gasteiger partial charge is 0.257 e. The summed E-state index contributed by atoms with van der Waals surface area (Å²) in [4.78, 5) is 22.7. The van der Waals surface area contributed by atoms with Crippen LogP contribution in [0.3, 0.4) is 0 Å². The van der Waals surface area contributed by atoms with Crippen molar-refractivity contribution in [2.45, 2.75) is 38.6 Å². The quantitative estimate of drug-likeness (QED) is 0.495. The molecule has 0 atom stereocenters. The number of para-hydroxylation sites is 2. The Kier molecular flexibility index (Phi) is 4.86. The normalized spacial score (nSPS) is 14.7. The number of carbonyl (C=O) groups excluding carboxylic acids is 1. The Balaban J connectivity index is 1.66. The van der Waals surface area contributed by atoms with Crippen LogP contribution in [0.2, 0.25) is 0 Å². The third-order valence-corrected chi connectivity index (χ3v) is 5.89. The molecule has 7 heteroatoms. The van der Waals surface area contributed by atoms with Crippen molar-refractivity contribution in [3.05, 3.63) is 65.2 Å². The Bertz CT molecular complexity index is 1320. The molecule has 0 radical (unpaired) electrons. The number of amides is 1. The summed E-state index contributed by atoms with van der Waals surface area (Å²) in [6.45, 7) is 2.02. The maximum atomic E-state index is 13.2. The van der Waals surface area contributed by atoms with Crippen LogP contribution in [-0.2, 0) is 0 Å². The lowest BCUT2D eigenvalue weighted by Gasteiger charge is -2.11. The Morgan fingerprint density at radius 2 is 1.77 bits per heavy atom. The summed E-state index contributed by atoms with van der Waals surface area (Å²) in [5, 5.41) is 7.71. The van der Waals surface area contributed by atoms with Gasteiger partial charge in [0.1, 0.15) is 16.9 Å². The van der Waals surface area contributed by atoms with Gasteiger partial charge in [0.05, 0.1) is 17.2 Å². The molecule has 0 bridgehead atoms. The highest BCUT2D eigenvalue weighted by atomic mass is 16.1. The Labute approximate surface area is 180 Å². The van der Waals surface area contributed by atoms with Gasteiger partial charge in [-0.05, 0) is 43.0 Å². The SMILES string of the molecule is Cc1ccccc1/C=N/n1c(N)c(C(=O)NC2CCCC2)c2nc3ccccc3nc21. The molecule has 0 spiro atoms. The van der Waals surface area contributed by atoms with E-state index >= 15 is 0 Å². The summed E-state index contributed by atoms with van der Waals surface area (Å²) in [5.41, 5.74) is 11.2. The van der Waals surface area contributed by atoms with Gasteiger partial charge in [0.15, 0.2) is 5.65 Å². The molecule has 1 fully saturated rings. The first-order valence-electron chi connectivity index (χ1n) is 10.6. The number of hydrogen-bond acceptors (Lipinski definition) is 5. The van der Waals surface area contributed by atoms with E-state index in [1.54, 1.807) is 6.21 Å². The number of rotatable bonds is 4. The Morgan fingerprint density at radius 3 is 2.52 bits per heavy atom. The molecule has 0 aliphatic heterocycles. The topological polar surface area (TPSA) is 98.2 Å². The number of nitrogens with one attached hydrogen (secondary N) is 1. The van der Waals surface area contributed by atoms with E-state index in [2.05, 4.69) is 10.4 Å². The lowest BCUT2D eigenvalue weighted by molar-refractivity contribution is 0.0940. The average molecular weight is 412 g/mol. The summed E-state index contributed by atoms with van der Waals surface area (Å²) in [5.74, 6) is 0.0226. The number of nitrogens with two attached hydrogens (primary N) is 1. The monoisotopic (exact) mass is 412 g/mol. The Morgan fingerprint density at radius 1 is 1.10 bits per heavy atom. The van der Waals surface area contributed by atoms with Crippen molar-refractivity contribution in [1.82, 2.24) is 20.0 Å². The maximum Gasteiger partial charge on any atom is 0.257 e. The van der Waals surface area contributed by atoms with Crippen molar-refractivity contribution in [3.63, 3.8) is 0 Å². The molecule has 2 heterocycles. The zero-order valence-electron chi connectivity index (χ0n) is 17.4. The van der Waals surface area contributed by atoms with Crippen LogP contribution < -0.4 is 11.1 Å². The second kappa shape index (κ2) is 7.83. The lowest BCUT2D eigenvalue weighted by atomic mass is 10.1. The number of hydrogen-bond donors (Lipinski definition) is 2. The second-order valence-corrected chi connectivity index (χ2v) is 8.01. The summed E-state index contributed by atoms with van der Waals surface area (Å²) >= 11 is 0. The van der Waals surface area contributed by atoms with Crippen LogP contribution in [-0.4, -0.2) is 32.8 Å². The molecule has 1 saturated carbocycles. The number of nitrogens with zero attached hydrogens (tertiary/aromatic N) is 4. The molecule has 156 valence electrons. The standard InChI is InChI=1S/C24H24N6O/c1-15-8-2-3-9-16(15)14-26-30-22(25)20(24(31)27-17-10-4-5-11-17)21-23(30)29-19-13-7-6-12-18(19)28-21/h2-3,6-9,12-14,17H,4-5,10-11,25H2,1H3,(H,27,31)/b26-14+. The third-order valence-electron chi connectivity index (χ3n) is 5.89. The molecule has 1 aliphatic carbocycles. The molecule has 1 amide bonds. The van der Waals surface area contributed by atoms with Gasteiger partial charge in [-0.15, -0.1) is 0 Å². The van der Waals surface area contributed by atoms with Crippen molar-refractivity contribution >= 4 is 40.1 Å². The van der Waals surface area contributed by atoms with E-state index in [0.29, 0.717) is 22.2 Å². The highest BCUT2D eigenvalue weighted by Crippen LogP contribution is 2.28. The van der Waals surface area contributed by atoms with Gasteiger partial charge < -0.3 is 11.1 Å². The lowest BCUT2D eigenvalue weighted by Crippen LogP contribution is -2.33. The fourth-order valence-electron chi connectivity index (χ4n) is 4.17. The highest BCUT2D eigenvalue weighted by molar-refractivity contribution is 6.10. The van der Waals surface area contributed by atoms with Crippen LogP contribution >= 0.6 is 0 Å². The van der Waals surface area contributed by atoms with Gasteiger partial charge in [-0.2, -0.15) is 9.78 Å². The summed E-state index contributed by atoms with van der Waals surface area (Å²) in [6.07, 6.45) is 5.98. The molecular weight excluding hydrogens is 388 g/mol. The number of aromatic nitrogens is 3. The van der Waals surface area contributed by atoms with Crippen LogP contribution in [0.25, 0.3) is 22.2 Å². The molecule has 2 aromatic heterocycles. The van der Waals surface area contributed by atoms with Gasteiger partial charge in [0.2, 0.25) is 0 Å². The molecule has 0 saturated heterocycles. The number of aryl methyl sites for hydroxylation is 1. The zero-order chi connectivity index (χ0) is 21.4. The molecular formula is C24H24N6O. The van der Waals surface area contributed by atoms with Crippen molar-refractivity contribution in [2.24, 2.45) is 5.10 Å². The van der Waals surface area contributed by atoms with E-state index in [9.17, 15) is 4.79 Å². The van der Waals surface area contributed by atoms with E-state index in [4.69, 9.17) is 15.7 Å². The van der Waals surface area contributed by atoms with E-state index in [-0.39, 0.29) is 17.8 Å². The van der Waals surface area contributed by atoms with Crippen molar-refractivity contribution < 1.29 is 4.79 Å². The zero-order valence-corrected chi connectivity index (χ0v) is 17.4. The summed E-state index contributed by atoms with van der Waals surface area (Å²) in [7, 11) is 0. The molecule has 4 aromatic rings. The molecule has 5 rings (SSSR count). The molecule has 31 heavy (non-hydrogen) atoms. The number of anilines is 1. The molecule has 1 aliphatic rings. The molecule has 7 nitrogen and oxygen atoms in total. The van der Waals surface area contributed by atoms with Crippen molar-refractivity contribution in [3.8, 4) is 0 Å². The van der Waals surface area contributed by atoms with Crippen LogP contribution in [0, 0.1) is 6.92 Å². The average Bonchev–Trinajstić information content (AvgIpc) is 3.37. The highest BCUT2D eigenvalue weighted by Gasteiger charge is 2.26. The number of fused-ring (bicyclic) bond motifs is 2. The third kappa shape index (κ3) is 3.52. The van der Waals surface area contributed by atoms with E-state index in [0.717, 1.165) is 42.3 Å². The largest absolute Gasteiger partial charge is 0.383 e. The minimum Gasteiger partial charge on any atom is -0.383 e. The Hall–Kier alpha value is -3.74. The van der Waals surface area contributed by atoms with Crippen LogP contribution in [0.4, 0.5) is 5.82 Å². The minimum atomic E-state index is -0.219. The van der Waals surface area contributed by atoms with Crippen molar-refractivity contribution in [1.29, 1.82) is 0 Å². The van der Waals surface area contributed by atoms with Crippen LogP contribution in [0.1, 0.15) is 47.2 Å². The van der Waals surface area contributed by atoms with E-state index in [1.807, 2.05) is 55.5 Å².